The zero-order valence-electron chi connectivity index (χ0n) is 6.40. The summed E-state index contributed by atoms with van der Waals surface area (Å²) < 4.78 is 0. The van der Waals surface area contributed by atoms with E-state index < -0.39 is 0 Å². The van der Waals surface area contributed by atoms with Crippen LogP contribution in [0, 0.1) is 0 Å². The van der Waals surface area contributed by atoms with Crippen LogP contribution >= 0.6 is 0 Å². The van der Waals surface area contributed by atoms with Gasteiger partial charge in [0.05, 0.1) is 0 Å². The van der Waals surface area contributed by atoms with Gasteiger partial charge in [0, 0.05) is 12.8 Å². The number of rotatable bonds is 1. The maximum Gasteiger partial charge on any atom is 0.168 e. The first-order valence-electron chi connectivity index (χ1n) is 3.32. The van der Waals surface area contributed by atoms with E-state index in [4.69, 9.17) is 5.11 Å². The van der Waals surface area contributed by atoms with Crippen molar-refractivity contribution in [2.75, 3.05) is 6.61 Å². The highest BCUT2D eigenvalue weighted by Crippen LogP contribution is 1.85. The maximum absolute atomic E-state index is 9.94. The summed E-state index contributed by atoms with van der Waals surface area (Å²) in [4.78, 5) is 13.7. The van der Waals surface area contributed by atoms with Crippen molar-refractivity contribution in [1.29, 1.82) is 0 Å². The first kappa shape index (κ1) is 9.78. The van der Waals surface area contributed by atoms with Crippen LogP contribution < -0.4 is 0 Å². The molecule has 0 saturated heterocycles. The zero-order valence-corrected chi connectivity index (χ0v) is 6.40. The molecule has 0 radical (unpaired) electrons. The topological polar surface area (TPSA) is 50.2 Å². The van der Waals surface area contributed by atoms with Crippen LogP contribution in [0.2, 0.25) is 0 Å². The van der Waals surface area contributed by atoms with E-state index in [0.717, 1.165) is 6.29 Å². The lowest BCUT2D eigenvalue weighted by Crippen LogP contribution is -1.80. The summed E-state index contributed by atoms with van der Waals surface area (Å²) in [7, 11) is 0. The molecule has 0 aliphatic rings. The van der Waals surface area contributed by atoms with Crippen LogP contribution in [0.3, 0.4) is 0 Å². The van der Waals surface area contributed by atoms with Gasteiger partial charge in [-0.3, -0.25) is 9.78 Å². The molecular weight excluding hydrogens is 142 g/mol. The Labute approximate surface area is 65.7 Å². The third kappa shape index (κ3) is 5.24. The first-order chi connectivity index (χ1) is 5.35. The second kappa shape index (κ2) is 6.89. The van der Waals surface area contributed by atoms with Gasteiger partial charge in [0.25, 0.3) is 0 Å². The minimum Gasteiger partial charge on any atom is -0.397 e. The van der Waals surface area contributed by atoms with E-state index in [1.807, 2.05) is 0 Å². The lowest BCUT2D eigenvalue weighted by Gasteiger charge is -1.81. The molecule has 1 heterocycles. The minimum absolute atomic E-state index is 0.250. The average Bonchev–Trinajstić information content (AvgIpc) is 2.08. The standard InChI is InChI=1S/C6H5NO.C2H6O/c8-5-6-3-1-2-4-7-6;1-2-3/h1-5H;3H,2H2,1H3. The average molecular weight is 153 g/mol. The highest BCUT2D eigenvalue weighted by Gasteiger charge is 1.81. The van der Waals surface area contributed by atoms with Gasteiger partial charge in [-0.2, -0.15) is 0 Å². The predicted octanol–water partition coefficient (Wildman–Crippen LogP) is 0.893. The molecule has 1 aromatic heterocycles. The van der Waals surface area contributed by atoms with Crippen LogP contribution in [-0.2, 0) is 0 Å². The molecule has 0 saturated carbocycles. The fourth-order valence-corrected chi connectivity index (χ4v) is 0.446. The number of aldehydes is 1. The lowest BCUT2D eigenvalue weighted by molar-refractivity contribution is 0.111. The molecule has 0 amide bonds. The molecule has 0 unspecified atom stereocenters. The van der Waals surface area contributed by atoms with E-state index >= 15 is 0 Å². The SMILES string of the molecule is CCO.O=Cc1ccccn1. The molecule has 0 bridgehead atoms. The summed E-state index contributed by atoms with van der Waals surface area (Å²) in [5, 5.41) is 7.57. The Bertz CT molecular complexity index is 187. The fraction of sp³-hybridized carbons (Fsp3) is 0.250. The third-order valence-electron chi connectivity index (χ3n) is 0.809. The van der Waals surface area contributed by atoms with Crippen molar-refractivity contribution in [2.24, 2.45) is 0 Å². The Morgan fingerprint density at radius 3 is 2.55 bits per heavy atom. The summed E-state index contributed by atoms with van der Waals surface area (Å²) in [6, 6.07) is 5.21. The van der Waals surface area contributed by atoms with Crippen LogP contribution in [-0.4, -0.2) is 23.0 Å². The molecule has 0 aliphatic heterocycles. The molecule has 3 nitrogen and oxygen atoms in total. The van der Waals surface area contributed by atoms with Gasteiger partial charge in [0.1, 0.15) is 5.69 Å². The normalized spacial score (nSPS) is 7.82. The van der Waals surface area contributed by atoms with Crippen LogP contribution in [0.4, 0.5) is 0 Å². The van der Waals surface area contributed by atoms with Gasteiger partial charge >= 0.3 is 0 Å². The van der Waals surface area contributed by atoms with E-state index in [1.54, 1.807) is 31.3 Å². The van der Waals surface area contributed by atoms with Gasteiger partial charge in [-0.15, -0.1) is 0 Å². The number of carbonyl (C=O) groups is 1. The van der Waals surface area contributed by atoms with Gasteiger partial charge in [0.2, 0.25) is 0 Å². The van der Waals surface area contributed by atoms with Gasteiger partial charge in [0.15, 0.2) is 6.29 Å². The van der Waals surface area contributed by atoms with Crippen molar-refractivity contribution in [3.63, 3.8) is 0 Å². The smallest absolute Gasteiger partial charge is 0.168 e. The second-order valence-corrected chi connectivity index (χ2v) is 1.69. The first-order valence-corrected chi connectivity index (χ1v) is 3.32. The Morgan fingerprint density at radius 2 is 2.27 bits per heavy atom. The van der Waals surface area contributed by atoms with Crippen LogP contribution in [0.1, 0.15) is 17.4 Å². The molecule has 0 atom stereocenters. The van der Waals surface area contributed by atoms with E-state index in [-0.39, 0.29) is 6.61 Å². The van der Waals surface area contributed by atoms with Gasteiger partial charge in [-0.25, -0.2) is 0 Å². The predicted molar refractivity (Wildman–Crippen MR) is 42.4 cm³/mol. The van der Waals surface area contributed by atoms with Crippen molar-refractivity contribution >= 4 is 6.29 Å². The molecule has 1 aromatic rings. The molecule has 3 heteroatoms. The Hall–Kier alpha value is -1.22. The van der Waals surface area contributed by atoms with Gasteiger partial charge < -0.3 is 5.11 Å². The molecule has 1 N–H and O–H groups in total. The molecule has 0 aliphatic carbocycles. The van der Waals surface area contributed by atoms with Gasteiger partial charge in [-0.1, -0.05) is 6.07 Å². The van der Waals surface area contributed by atoms with E-state index in [0.29, 0.717) is 5.69 Å². The van der Waals surface area contributed by atoms with Crippen molar-refractivity contribution in [3.05, 3.63) is 30.1 Å². The highest BCUT2D eigenvalue weighted by atomic mass is 16.2. The van der Waals surface area contributed by atoms with E-state index in [9.17, 15) is 4.79 Å². The summed E-state index contributed by atoms with van der Waals surface area (Å²) in [5.74, 6) is 0. The van der Waals surface area contributed by atoms with E-state index in [1.165, 1.54) is 0 Å². The molecule has 1 rings (SSSR count). The molecule has 0 aromatic carbocycles. The Balaban J connectivity index is 0.000000292. The Kier molecular flexibility index (Phi) is 6.13. The molecular formula is C8H11NO2. The van der Waals surface area contributed by atoms with Crippen LogP contribution in [0.15, 0.2) is 24.4 Å². The number of pyridine rings is 1. The summed E-state index contributed by atoms with van der Waals surface area (Å²) >= 11 is 0. The molecule has 0 fully saturated rings. The van der Waals surface area contributed by atoms with Crippen molar-refractivity contribution in [3.8, 4) is 0 Å². The zero-order chi connectivity index (χ0) is 8.53. The fourth-order valence-electron chi connectivity index (χ4n) is 0.446. The number of aromatic nitrogens is 1. The highest BCUT2D eigenvalue weighted by molar-refractivity contribution is 5.71. The number of hydrogen-bond donors (Lipinski definition) is 1. The number of nitrogens with zero attached hydrogens (tertiary/aromatic N) is 1. The van der Waals surface area contributed by atoms with Crippen molar-refractivity contribution in [2.45, 2.75) is 6.92 Å². The van der Waals surface area contributed by atoms with Gasteiger partial charge in [-0.05, 0) is 19.1 Å². The molecule has 60 valence electrons. The largest absolute Gasteiger partial charge is 0.397 e. The maximum atomic E-state index is 9.94. The monoisotopic (exact) mass is 153 g/mol. The summed E-state index contributed by atoms with van der Waals surface area (Å²) in [6.45, 7) is 1.93. The number of carbonyl (C=O) groups excluding carboxylic acids is 1. The van der Waals surface area contributed by atoms with Crippen LogP contribution in [0.5, 0.6) is 0 Å². The molecule has 11 heavy (non-hydrogen) atoms. The number of aliphatic hydroxyl groups is 1. The number of aliphatic hydroxyl groups excluding tert-OH is 1. The van der Waals surface area contributed by atoms with E-state index in [2.05, 4.69) is 4.98 Å². The van der Waals surface area contributed by atoms with Crippen LogP contribution in [0.25, 0.3) is 0 Å². The minimum atomic E-state index is 0.250. The number of hydrogen-bond acceptors (Lipinski definition) is 3. The third-order valence-corrected chi connectivity index (χ3v) is 0.809. The molecule has 0 spiro atoms. The quantitative estimate of drug-likeness (QED) is 0.609. The lowest BCUT2D eigenvalue weighted by atomic mass is 10.4. The second-order valence-electron chi connectivity index (χ2n) is 1.69. The summed E-state index contributed by atoms with van der Waals surface area (Å²) in [6.07, 6.45) is 2.31. The summed E-state index contributed by atoms with van der Waals surface area (Å²) in [5.41, 5.74) is 0.479. The van der Waals surface area contributed by atoms with Crippen molar-refractivity contribution < 1.29 is 9.90 Å². The Morgan fingerprint density at radius 1 is 1.64 bits per heavy atom. The van der Waals surface area contributed by atoms with Crippen molar-refractivity contribution in [1.82, 2.24) is 4.98 Å².